The highest BCUT2D eigenvalue weighted by Gasteiger charge is 2.23. The van der Waals surface area contributed by atoms with Crippen molar-refractivity contribution in [3.63, 3.8) is 0 Å². The number of alkyl halides is 2. The summed E-state index contributed by atoms with van der Waals surface area (Å²) >= 11 is 0. The molecule has 11 heteroatoms. The molecule has 25 heavy (non-hydrogen) atoms. The Hall–Kier alpha value is -2.82. The highest BCUT2D eigenvalue weighted by Crippen LogP contribution is 2.24. The van der Waals surface area contributed by atoms with Gasteiger partial charge in [0.15, 0.2) is 11.6 Å². The van der Waals surface area contributed by atoms with Gasteiger partial charge in [0.25, 0.3) is 0 Å². The molecule has 2 aromatic rings. The molecule has 0 radical (unpaired) electrons. The van der Waals surface area contributed by atoms with E-state index in [-0.39, 0.29) is 18.0 Å². The molecule has 0 spiro atoms. The van der Waals surface area contributed by atoms with E-state index >= 15 is 0 Å². The maximum absolute atomic E-state index is 12.1. The van der Waals surface area contributed by atoms with Crippen molar-refractivity contribution in [1.82, 2.24) is 20.2 Å². The first-order valence-corrected chi connectivity index (χ1v) is 7.63. The molecule has 1 aliphatic carbocycles. The van der Waals surface area contributed by atoms with E-state index in [0.29, 0.717) is 36.0 Å². The van der Waals surface area contributed by atoms with Crippen LogP contribution < -0.4 is 15.4 Å². The Morgan fingerprint density at radius 2 is 2.28 bits per heavy atom. The maximum atomic E-state index is 12.1. The van der Waals surface area contributed by atoms with Gasteiger partial charge in [0.05, 0.1) is 12.3 Å². The van der Waals surface area contributed by atoms with Crippen molar-refractivity contribution in [2.75, 3.05) is 10.6 Å². The Balaban J connectivity index is 1.72. The summed E-state index contributed by atoms with van der Waals surface area (Å²) in [5.41, 5.74) is 0.360. The third kappa shape index (κ3) is 4.38. The molecular weight excluding hydrogens is 336 g/mol. The zero-order valence-corrected chi connectivity index (χ0v) is 13.0. The fourth-order valence-corrected chi connectivity index (χ4v) is 2.61. The molecule has 1 fully saturated rings. The van der Waals surface area contributed by atoms with Gasteiger partial charge in [-0.3, -0.25) is 5.10 Å². The Morgan fingerprint density at radius 3 is 2.96 bits per heavy atom. The summed E-state index contributed by atoms with van der Waals surface area (Å²) in [5.74, 6) is 0.788. The number of hydrogen-bond acceptors (Lipinski definition) is 8. The first-order chi connectivity index (χ1) is 12.0. The summed E-state index contributed by atoms with van der Waals surface area (Å²) in [6.45, 7) is -2.96. The minimum absolute atomic E-state index is 0.0523. The zero-order chi connectivity index (χ0) is 17.8. The van der Waals surface area contributed by atoms with Crippen molar-refractivity contribution in [2.24, 2.45) is 0 Å². The fourth-order valence-electron chi connectivity index (χ4n) is 2.61. The second-order valence-corrected chi connectivity index (χ2v) is 5.56. The number of hydrogen-bond donors (Lipinski definition) is 5. The number of aliphatic hydroxyl groups excluding tert-OH is 1. The van der Waals surface area contributed by atoms with E-state index in [1.165, 1.54) is 12.3 Å². The van der Waals surface area contributed by atoms with Gasteiger partial charge in [-0.15, -0.1) is 5.10 Å². The molecule has 0 saturated heterocycles. The topological polar surface area (TPSA) is 132 Å². The maximum Gasteiger partial charge on any atom is 0.388 e. The van der Waals surface area contributed by atoms with Gasteiger partial charge in [-0.05, 0) is 19.3 Å². The van der Waals surface area contributed by atoms with Gasteiger partial charge in [-0.25, -0.2) is 9.97 Å². The van der Waals surface area contributed by atoms with Gasteiger partial charge in [-0.2, -0.15) is 8.78 Å². The van der Waals surface area contributed by atoms with Crippen molar-refractivity contribution < 1.29 is 18.6 Å². The van der Waals surface area contributed by atoms with E-state index < -0.39 is 6.61 Å². The standard InChI is InChI=1S/C14H17F2N7O2/c15-14(16)25-12-4-10(22-23-12)20-11-6-18-9(5-17)13(21-11)19-7-1-2-8(24)3-7/h4-8,14,17,24H,1-3H2,(H3,19,20,21,22,23)/t7-,8-/m0/s1. The van der Waals surface area contributed by atoms with E-state index in [4.69, 9.17) is 5.41 Å². The van der Waals surface area contributed by atoms with Crippen LogP contribution in [0.25, 0.3) is 0 Å². The van der Waals surface area contributed by atoms with Crippen LogP contribution >= 0.6 is 0 Å². The summed E-state index contributed by atoms with van der Waals surface area (Å²) in [6, 6.07) is 1.31. The number of nitrogens with zero attached hydrogens (tertiary/aromatic N) is 3. The third-order valence-electron chi connectivity index (χ3n) is 3.71. The molecular formula is C14H17F2N7O2. The molecule has 0 unspecified atom stereocenters. The molecule has 1 saturated carbocycles. The van der Waals surface area contributed by atoms with Crippen LogP contribution in [0.4, 0.5) is 26.2 Å². The van der Waals surface area contributed by atoms with Gasteiger partial charge in [0.1, 0.15) is 11.5 Å². The minimum atomic E-state index is -2.96. The Kier molecular flexibility index (Phi) is 5.03. The van der Waals surface area contributed by atoms with Gasteiger partial charge in [0, 0.05) is 18.3 Å². The molecule has 3 rings (SSSR count). The number of aliphatic hydroxyl groups is 1. The second kappa shape index (κ2) is 7.38. The zero-order valence-electron chi connectivity index (χ0n) is 13.0. The summed E-state index contributed by atoms with van der Waals surface area (Å²) in [6.07, 6.45) is 4.26. The molecule has 9 nitrogen and oxygen atoms in total. The quantitative estimate of drug-likeness (QED) is 0.480. The fraction of sp³-hybridized carbons (Fsp3) is 0.429. The van der Waals surface area contributed by atoms with Crippen LogP contribution in [0.2, 0.25) is 0 Å². The number of H-pyrrole nitrogens is 1. The van der Waals surface area contributed by atoms with Gasteiger partial charge in [0.2, 0.25) is 5.88 Å². The highest BCUT2D eigenvalue weighted by atomic mass is 19.3. The smallest absolute Gasteiger partial charge is 0.388 e. The number of nitrogens with one attached hydrogen (secondary N) is 4. The number of halogens is 2. The van der Waals surface area contributed by atoms with Crippen LogP contribution in [0.15, 0.2) is 12.3 Å². The number of aromatic amines is 1. The van der Waals surface area contributed by atoms with Gasteiger partial charge in [-0.1, -0.05) is 0 Å². The van der Waals surface area contributed by atoms with Crippen molar-refractivity contribution in [2.45, 2.75) is 38.0 Å². The van der Waals surface area contributed by atoms with Crippen LogP contribution in [0.1, 0.15) is 25.0 Å². The molecule has 0 aliphatic heterocycles. The largest absolute Gasteiger partial charge is 0.415 e. The lowest BCUT2D eigenvalue weighted by molar-refractivity contribution is -0.0528. The van der Waals surface area contributed by atoms with Crippen molar-refractivity contribution in [3.8, 4) is 5.88 Å². The first kappa shape index (κ1) is 17.0. The lowest BCUT2D eigenvalue weighted by Gasteiger charge is -2.15. The average molecular weight is 353 g/mol. The molecule has 0 bridgehead atoms. The first-order valence-electron chi connectivity index (χ1n) is 7.63. The van der Waals surface area contributed by atoms with E-state index in [1.807, 2.05) is 0 Å². The minimum Gasteiger partial charge on any atom is -0.415 e. The Morgan fingerprint density at radius 1 is 1.44 bits per heavy atom. The summed E-state index contributed by atoms with van der Waals surface area (Å²) in [4.78, 5) is 8.47. The van der Waals surface area contributed by atoms with E-state index in [1.54, 1.807) is 0 Å². The lowest BCUT2D eigenvalue weighted by Crippen LogP contribution is -2.19. The molecule has 1 aliphatic rings. The molecule has 0 aromatic carbocycles. The third-order valence-corrected chi connectivity index (χ3v) is 3.71. The van der Waals surface area contributed by atoms with Crippen molar-refractivity contribution in [1.29, 1.82) is 5.41 Å². The highest BCUT2D eigenvalue weighted by molar-refractivity contribution is 5.82. The molecule has 2 aromatic heterocycles. The predicted octanol–water partition coefficient (Wildman–Crippen LogP) is 1.87. The summed E-state index contributed by atoms with van der Waals surface area (Å²) in [7, 11) is 0. The Labute approximate surface area is 141 Å². The number of rotatable bonds is 7. The number of aromatic nitrogens is 4. The lowest BCUT2D eigenvalue weighted by atomic mass is 10.2. The van der Waals surface area contributed by atoms with Gasteiger partial charge >= 0.3 is 6.61 Å². The molecule has 134 valence electrons. The SMILES string of the molecule is N=Cc1ncc(Nc2cc(OC(F)F)n[nH]2)nc1N[C@H]1CC[C@H](O)C1. The molecule has 5 N–H and O–H groups in total. The molecule has 0 amide bonds. The van der Waals surface area contributed by atoms with E-state index in [2.05, 4.69) is 35.5 Å². The number of anilines is 3. The Bertz CT molecular complexity index is 740. The molecule has 2 atom stereocenters. The molecule has 2 heterocycles. The summed E-state index contributed by atoms with van der Waals surface area (Å²) in [5, 5.41) is 29.1. The van der Waals surface area contributed by atoms with E-state index in [0.717, 1.165) is 12.6 Å². The van der Waals surface area contributed by atoms with Crippen LogP contribution in [0.5, 0.6) is 5.88 Å². The summed E-state index contributed by atoms with van der Waals surface area (Å²) < 4.78 is 28.5. The van der Waals surface area contributed by atoms with Gasteiger partial charge < -0.3 is 25.9 Å². The average Bonchev–Trinajstić information content (AvgIpc) is 3.16. The second-order valence-electron chi connectivity index (χ2n) is 5.56. The van der Waals surface area contributed by atoms with Crippen LogP contribution in [0.3, 0.4) is 0 Å². The van der Waals surface area contributed by atoms with Crippen LogP contribution in [-0.4, -0.2) is 50.2 Å². The van der Waals surface area contributed by atoms with Crippen LogP contribution in [-0.2, 0) is 0 Å². The predicted molar refractivity (Wildman–Crippen MR) is 85.7 cm³/mol. The van der Waals surface area contributed by atoms with Crippen molar-refractivity contribution >= 4 is 23.7 Å². The monoisotopic (exact) mass is 353 g/mol. The normalized spacial score (nSPS) is 19.8. The van der Waals surface area contributed by atoms with E-state index in [9.17, 15) is 13.9 Å². The van der Waals surface area contributed by atoms with Crippen molar-refractivity contribution in [3.05, 3.63) is 18.0 Å². The van der Waals surface area contributed by atoms with Crippen LogP contribution in [0, 0.1) is 5.41 Å². The number of ether oxygens (including phenoxy) is 1.